The van der Waals surface area contributed by atoms with E-state index >= 15 is 0 Å². The molecule has 0 aromatic heterocycles. The average Bonchev–Trinajstić information content (AvgIpc) is 2.57. The minimum absolute atomic E-state index is 0. The Morgan fingerprint density at radius 1 is 1.25 bits per heavy atom. The van der Waals surface area contributed by atoms with Crippen molar-refractivity contribution < 1.29 is 19.1 Å². The number of amides is 1. The number of benzene rings is 1. The van der Waals surface area contributed by atoms with Gasteiger partial charge in [-0.15, -0.1) is 12.4 Å². The van der Waals surface area contributed by atoms with Crippen LogP contribution in [0.15, 0.2) is 18.2 Å². The average molecular weight is 359 g/mol. The van der Waals surface area contributed by atoms with Crippen molar-refractivity contribution in [2.24, 2.45) is 11.1 Å². The van der Waals surface area contributed by atoms with Crippen molar-refractivity contribution >= 4 is 30.0 Å². The van der Waals surface area contributed by atoms with E-state index in [-0.39, 0.29) is 24.9 Å². The third-order valence-corrected chi connectivity index (χ3v) is 4.26. The molecular formula is C17H27ClN2O4. The van der Waals surface area contributed by atoms with Crippen molar-refractivity contribution in [1.29, 1.82) is 0 Å². The molecule has 24 heavy (non-hydrogen) atoms. The van der Waals surface area contributed by atoms with E-state index in [4.69, 9.17) is 10.5 Å². The van der Waals surface area contributed by atoms with E-state index in [1.165, 1.54) is 7.11 Å². The van der Waals surface area contributed by atoms with E-state index in [0.29, 0.717) is 30.8 Å². The molecule has 3 N–H and O–H groups in total. The summed E-state index contributed by atoms with van der Waals surface area (Å²) in [7, 11) is 1.31. The van der Waals surface area contributed by atoms with Crippen molar-refractivity contribution in [2.45, 2.75) is 33.6 Å². The monoisotopic (exact) mass is 358 g/mol. The molecule has 0 atom stereocenters. The molecule has 136 valence electrons. The van der Waals surface area contributed by atoms with E-state index < -0.39 is 11.4 Å². The van der Waals surface area contributed by atoms with E-state index in [2.05, 4.69) is 10.1 Å². The molecule has 0 saturated heterocycles. The zero-order chi connectivity index (χ0) is 17.5. The number of aryl methyl sites for hydroxylation is 1. The zero-order valence-corrected chi connectivity index (χ0v) is 15.5. The highest BCUT2D eigenvalue weighted by Crippen LogP contribution is 2.28. The highest BCUT2D eigenvalue weighted by Gasteiger charge is 2.33. The second-order valence-electron chi connectivity index (χ2n) is 5.49. The molecule has 0 radical (unpaired) electrons. The minimum atomic E-state index is -0.549. The Bertz CT molecular complexity index is 551. The van der Waals surface area contributed by atoms with Gasteiger partial charge in [0, 0.05) is 12.2 Å². The normalized spacial score (nSPS) is 10.5. The fourth-order valence-electron chi connectivity index (χ4n) is 2.27. The van der Waals surface area contributed by atoms with Crippen LogP contribution in [0.25, 0.3) is 0 Å². The van der Waals surface area contributed by atoms with E-state index in [9.17, 15) is 9.59 Å². The van der Waals surface area contributed by atoms with Crippen LogP contribution in [0.4, 0.5) is 5.69 Å². The van der Waals surface area contributed by atoms with Gasteiger partial charge in [0.1, 0.15) is 5.75 Å². The summed E-state index contributed by atoms with van der Waals surface area (Å²) in [5, 5.41) is 2.94. The number of carbonyl (C=O) groups excluding carboxylic acids is 2. The zero-order valence-electron chi connectivity index (χ0n) is 14.7. The molecule has 0 spiro atoms. The van der Waals surface area contributed by atoms with Gasteiger partial charge in [0.25, 0.3) is 0 Å². The number of ether oxygens (including phenoxy) is 2. The number of nitrogens with one attached hydrogen (secondary N) is 1. The number of hydrogen-bond donors (Lipinski definition) is 2. The van der Waals surface area contributed by atoms with Crippen LogP contribution in [0.3, 0.4) is 0 Å². The largest absolute Gasteiger partial charge is 0.482 e. The Kier molecular flexibility index (Phi) is 9.40. The predicted molar refractivity (Wildman–Crippen MR) is 96.6 cm³/mol. The summed E-state index contributed by atoms with van der Waals surface area (Å²) >= 11 is 0. The van der Waals surface area contributed by atoms with Crippen LogP contribution in [0.5, 0.6) is 5.75 Å². The van der Waals surface area contributed by atoms with Crippen molar-refractivity contribution in [2.75, 3.05) is 25.6 Å². The van der Waals surface area contributed by atoms with Gasteiger partial charge in [0.15, 0.2) is 6.61 Å². The number of carbonyl (C=O) groups is 2. The SMILES string of the molecule is CCC(CC)(CN)C(=O)Nc1ccc(OCC(=O)OC)cc1C.Cl. The molecule has 0 aliphatic carbocycles. The van der Waals surface area contributed by atoms with Crippen LogP contribution >= 0.6 is 12.4 Å². The number of halogens is 1. The first-order valence-corrected chi connectivity index (χ1v) is 7.74. The summed E-state index contributed by atoms with van der Waals surface area (Å²) in [5.41, 5.74) is 6.81. The predicted octanol–water partition coefficient (Wildman–Crippen LogP) is 2.67. The quantitative estimate of drug-likeness (QED) is 0.697. The molecule has 1 amide bonds. The number of nitrogens with two attached hydrogens (primary N) is 1. The number of methoxy groups -OCH3 is 1. The lowest BCUT2D eigenvalue weighted by atomic mass is 9.81. The van der Waals surface area contributed by atoms with Crippen molar-refractivity contribution in [3.8, 4) is 5.75 Å². The minimum Gasteiger partial charge on any atom is -0.482 e. The van der Waals surface area contributed by atoms with Gasteiger partial charge in [0.05, 0.1) is 12.5 Å². The highest BCUT2D eigenvalue weighted by molar-refractivity contribution is 5.96. The molecule has 1 aromatic rings. The maximum Gasteiger partial charge on any atom is 0.343 e. The van der Waals surface area contributed by atoms with Crippen LogP contribution in [0.2, 0.25) is 0 Å². The molecule has 0 aliphatic heterocycles. The van der Waals surface area contributed by atoms with Crippen molar-refractivity contribution in [1.82, 2.24) is 0 Å². The van der Waals surface area contributed by atoms with E-state index in [1.807, 2.05) is 20.8 Å². The Hall–Kier alpha value is -1.79. The second kappa shape index (κ2) is 10.2. The van der Waals surface area contributed by atoms with Crippen LogP contribution in [0, 0.1) is 12.3 Å². The van der Waals surface area contributed by atoms with Gasteiger partial charge in [-0.3, -0.25) is 4.79 Å². The van der Waals surface area contributed by atoms with Crippen LogP contribution in [-0.2, 0) is 14.3 Å². The van der Waals surface area contributed by atoms with Gasteiger partial charge in [0.2, 0.25) is 5.91 Å². The van der Waals surface area contributed by atoms with Gasteiger partial charge in [-0.2, -0.15) is 0 Å². The van der Waals surface area contributed by atoms with Gasteiger partial charge in [-0.1, -0.05) is 13.8 Å². The first kappa shape index (κ1) is 22.2. The molecule has 0 saturated carbocycles. The number of anilines is 1. The Morgan fingerprint density at radius 2 is 1.88 bits per heavy atom. The van der Waals surface area contributed by atoms with Crippen molar-refractivity contribution in [3.05, 3.63) is 23.8 Å². The van der Waals surface area contributed by atoms with E-state index in [1.54, 1.807) is 18.2 Å². The standard InChI is InChI=1S/C17H26N2O4.ClH/c1-5-17(6-2,11-18)16(21)19-14-8-7-13(9-12(14)3)23-10-15(20)22-4;/h7-9H,5-6,10-11,18H2,1-4H3,(H,19,21);1H. The summed E-state index contributed by atoms with van der Waals surface area (Å²) < 4.78 is 9.84. The lowest BCUT2D eigenvalue weighted by Gasteiger charge is -2.28. The first-order valence-electron chi connectivity index (χ1n) is 7.74. The Balaban J connectivity index is 0.00000529. The Labute approximate surface area is 149 Å². The molecule has 6 nitrogen and oxygen atoms in total. The van der Waals surface area contributed by atoms with Gasteiger partial charge in [-0.25, -0.2) is 4.79 Å². The summed E-state index contributed by atoms with van der Waals surface area (Å²) in [4.78, 5) is 23.6. The molecule has 0 bridgehead atoms. The van der Waals surface area contributed by atoms with Crippen LogP contribution in [0.1, 0.15) is 32.3 Å². The van der Waals surface area contributed by atoms with E-state index in [0.717, 1.165) is 5.56 Å². The smallest absolute Gasteiger partial charge is 0.343 e. The number of hydrogen-bond acceptors (Lipinski definition) is 5. The fraction of sp³-hybridized carbons (Fsp3) is 0.529. The summed E-state index contributed by atoms with van der Waals surface area (Å²) in [5.74, 6) is 0.0250. The molecule has 7 heteroatoms. The highest BCUT2D eigenvalue weighted by atomic mass is 35.5. The molecule has 1 rings (SSSR count). The molecule has 0 fully saturated rings. The third-order valence-electron chi connectivity index (χ3n) is 4.26. The van der Waals surface area contributed by atoms with Crippen molar-refractivity contribution in [3.63, 3.8) is 0 Å². The molecule has 0 heterocycles. The van der Waals surface area contributed by atoms with Gasteiger partial charge < -0.3 is 20.5 Å². The summed E-state index contributed by atoms with van der Waals surface area (Å²) in [6.45, 7) is 5.95. The lowest BCUT2D eigenvalue weighted by Crippen LogP contribution is -2.41. The maximum absolute atomic E-state index is 12.5. The summed E-state index contributed by atoms with van der Waals surface area (Å²) in [6.07, 6.45) is 1.37. The first-order chi connectivity index (χ1) is 10.9. The topological polar surface area (TPSA) is 90.7 Å². The lowest BCUT2D eigenvalue weighted by molar-refractivity contribution is -0.142. The molecular weight excluding hydrogens is 332 g/mol. The Morgan fingerprint density at radius 3 is 2.33 bits per heavy atom. The molecule has 1 aromatic carbocycles. The fourth-order valence-corrected chi connectivity index (χ4v) is 2.27. The number of esters is 1. The number of rotatable bonds is 8. The second-order valence-corrected chi connectivity index (χ2v) is 5.49. The summed E-state index contributed by atoms with van der Waals surface area (Å²) in [6, 6.07) is 5.22. The van der Waals surface area contributed by atoms with Crippen LogP contribution in [-0.4, -0.2) is 32.1 Å². The third kappa shape index (κ3) is 5.39. The van der Waals surface area contributed by atoms with Gasteiger partial charge >= 0.3 is 5.97 Å². The van der Waals surface area contributed by atoms with Gasteiger partial charge in [-0.05, 0) is 43.5 Å². The maximum atomic E-state index is 12.5. The molecule has 0 unspecified atom stereocenters. The van der Waals surface area contributed by atoms with Crippen LogP contribution < -0.4 is 15.8 Å². The molecule has 0 aliphatic rings.